The number of hydrogen-bond donors (Lipinski definition) is 3. The van der Waals surface area contributed by atoms with Gasteiger partial charge in [-0.15, -0.1) is 0 Å². The average molecular weight is 327 g/mol. The Balaban J connectivity index is 1.57. The summed E-state index contributed by atoms with van der Waals surface area (Å²) in [4.78, 5) is 34.4. The number of aromatic amines is 1. The lowest BCUT2D eigenvalue weighted by Crippen LogP contribution is -2.15. The number of primary amides is 1. The van der Waals surface area contributed by atoms with Gasteiger partial charge in [0.15, 0.2) is 10.8 Å². The molecule has 3 aromatic rings. The van der Waals surface area contributed by atoms with Crippen LogP contribution in [-0.4, -0.2) is 32.5 Å². The van der Waals surface area contributed by atoms with Gasteiger partial charge in [0.2, 0.25) is 11.8 Å². The minimum atomic E-state index is -0.503. The molecule has 2 aromatic heterocycles. The molecule has 3 rings (SSSR count). The predicted octanol–water partition coefficient (Wildman–Crippen LogP) is 1.79. The molecule has 2 heterocycles. The zero-order chi connectivity index (χ0) is 16.2. The van der Waals surface area contributed by atoms with Crippen LogP contribution in [0, 0.1) is 0 Å². The molecular formula is C15H13N5O2S. The van der Waals surface area contributed by atoms with Gasteiger partial charge >= 0.3 is 0 Å². The van der Waals surface area contributed by atoms with Crippen LogP contribution in [0.1, 0.15) is 10.4 Å². The molecule has 0 saturated carbocycles. The van der Waals surface area contributed by atoms with Crippen molar-refractivity contribution in [3.8, 4) is 0 Å². The van der Waals surface area contributed by atoms with Gasteiger partial charge in [0.1, 0.15) is 0 Å². The Kier molecular flexibility index (Phi) is 4.24. The normalized spacial score (nSPS) is 10.6. The molecule has 0 saturated heterocycles. The van der Waals surface area contributed by atoms with Gasteiger partial charge in [0, 0.05) is 17.4 Å². The number of nitrogens with one attached hydrogen (secondary N) is 2. The second kappa shape index (κ2) is 6.49. The molecule has 0 fully saturated rings. The molecule has 116 valence electrons. The second-order valence-corrected chi connectivity index (χ2v) is 5.66. The summed E-state index contributed by atoms with van der Waals surface area (Å²) < 4.78 is 0. The highest BCUT2D eigenvalue weighted by Gasteiger charge is 2.08. The van der Waals surface area contributed by atoms with Gasteiger partial charge in [0.05, 0.1) is 11.3 Å². The summed E-state index contributed by atoms with van der Waals surface area (Å²) in [5, 5.41) is 3.38. The van der Waals surface area contributed by atoms with Crippen molar-refractivity contribution >= 4 is 40.4 Å². The zero-order valence-electron chi connectivity index (χ0n) is 11.9. The molecule has 7 nitrogen and oxygen atoms in total. The van der Waals surface area contributed by atoms with E-state index in [4.69, 9.17) is 5.73 Å². The molecule has 0 spiro atoms. The number of fused-ring (bicyclic) bond motifs is 1. The summed E-state index contributed by atoms with van der Waals surface area (Å²) in [6.07, 6.45) is 1.67. The maximum Gasteiger partial charge on any atom is 0.248 e. The van der Waals surface area contributed by atoms with Gasteiger partial charge in [-0.05, 0) is 36.4 Å². The van der Waals surface area contributed by atoms with Crippen LogP contribution in [0.4, 0.5) is 5.69 Å². The lowest BCUT2D eigenvalue weighted by Gasteiger charge is -2.04. The number of amides is 2. The molecule has 0 radical (unpaired) electrons. The van der Waals surface area contributed by atoms with Gasteiger partial charge in [-0.3, -0.25) is 9.59 Å². The summed E-state index contributed by atoms with van der Waals surface area (Å²) >= 11 is 1.29. The van der Waals surface area contributed by atoms with Crippen molar-refractivity contribution in [2.45, 2.75) is 5.16 Å². The molecule has 0 aliphatic heterocycles. The first-order valence-corrected chi connectivity index (χ1v) is 7.73. The third-order valence-corrected chi connectivity index (χ3v) is 3.90. The van der Waals surface area contributed by atoms with Gasteiger partial charge < -0.3 is 16.0 Å². The average Bonchev–Trinajstić information content (AvgIpc) is 2.96. The van der Waals surface area contributed by atoms with E-state index in [1.54, 1.807) is 30.5 Å². The SMILES string of the molecule is NC(=O)c1ccc(NC(=O)CSc2nc3ncccc3[nH]2)cc1. The molecule has 0 atom stereocenters. The van der Waals surface area contributed by atoms with E-state index in [0.717, 1.165) is 5.52 Å². The number of benzene rings is 1. The molecule has 0 bridgehead atoms. The number of rotatable bonds is 5. The Bertz CT molecular complexity index is 827. The van der Waals surface area contributed by atoms with Crippen LogP contribution in [-0.2, 0) is 4.79 Å². The molecule has 0 unspecified atom stereocenters. The van der Waals surface area contributed by atoms with Gasteiger partial charge in [-0.25, -0.2) is 9.97 Å². The monoisotopic (exact) mass is 327 g/mol. The highest BCUT2D eigenvalue weighted by atomic mass is 32.2. The Morgan fingerprint density at radius 2 is 2.00 bits per heavy atom. The van der Waals surface area contributed by atoms with E-state index in [9.17, 15) is 9.59 Å². The van der Waals surface area contributed by atoms with E-state index in [0.29, 0.717) is 22.1 Å². The third-order valence-electron chi connectivity index (χ3n) is 3.03. The van der Waals surface area contributed by atoms with Gasteiger partial charge in [-0.1, -0.05) is 11.8 Å². The van der Waals surface area contributed by atoms with E-state index in [1.807, 2.05) is 12.1 Å². The Hall–Kier alpha value is -2.87. The van der Waals surface area contributed by atoms with Crippen LogP contribution in [0.15, 0.2) is 47.8 Å². The summed E-state index contributed by atoms with van der Waals surface area (Å²) in [5.41, 5.74) is 7.62. The minimum absolute atomic E-state index is 0.171. The fourth-order valence-electron chi connectivity index (χ4n) is 1.94. The lowest BCUT2D eigenvalue weighted by molar-refractivity contribution is -0.113. The number of hydrogen-bond acceptors (Lipinski definition) is 5. The number of imidazole rings is 1. The first-order valence-electron chi connectivity index (χ1n) is 6.75. The molecule has 4 N–H and O–H groups in total. The maximum absolute atomic E-state index is 11.9. The van der Waals surface area contributed by atoms with Crippen molar-refractivity contribution in [3.63, 3.8) is 0 Å². The van der Waals surface area contributed by atoms with E-state index in [1.165, 1.54) is 11.8 Å². The predicted molar refractivity (Wildman–Crippen MR) is 88.2 cm³/mol. The van der Waals surface area contributed by atoms with Crippen LogP contribution in [0.25, 0.3) is 11.2 Å². The molecule has 23 heavy (non-hydrogen) atoms. The van der Waals surface area contributed by atoms with E-state index in [-0.39, 0.29) is 11.7 Å². The van der Waals surface area contributed by atoms with Gasteiger partial charge in [0.25, 0.3) is 0 Å². The van der Waals surface area contributed by atoms with Crippen LogP contribution in [0.2, 0.25) is 0 Å². The zero-order valence-corrected chi connectivity index (χ0v) is 12.8. The fourth-order valence-corrected chi connectivity index (χ4v) is 2.61. The molecule has 0 aliphatic rings. The number of aromatic nitrogens is 3. The first kappa shape index (κ1) is 15.0. The van der Waals surface area contributed by atoms with Crippen molar-refractivity contribution in [1.82, 2.24) is 15.0 Å². The number of carbonyl (C=O) groups is 2. The summed E-state index contributed by atoms with van der Waals surface area (Å²) in [7, 11) is 0. The summed E-state index contributed by atoms with van der Waals surface area (Å²) in [6, 6.07) is 10.1. The quantitative estimate of drug-likeness (QED) is 0.618. The third kappa shape index (κ3) is 3.67. The fraction of sp³-hybridized carbons (Fsp3) is 0.0667. The highest BCUT2D eigenvalue weighted by molar-refractivity contribution is 7.99. The molecule has 8 heteroatoms. The van der Waals surface area contributed by atoms with Crippen LogP contribution in [0.5, 0.6) is 0 Å². The highest BCUT2D eigenvalue weighted by Crippen LogP contribution is 2.18. The van der Waals surface area contributed by atoms with Crippen molar-refractivity contribution in [2.24, 2.45) is 5.73 Å². The van der Waals surface area contributed by atoms with Crippen molar-refractivity contribution in [2.75, 3.05) is 11.1 Å². The van der Waals surface area contributed by atoms with E-state index >= 15 is 0 Å². The number of H-pyrrole nitrogens is 1. The van der Waals surface area contributed by atoms with E-state index in [2.05, 4.69) is 20.3 Å². The molecule has 0 aliphatic carbocycles. The Morgan fingerprint density at radius 3 is 2.70 bits per heavy atom. The summed E-state index contributed by atoms with van der Waals surface area (Å²) in [5.74, 6) is -0.468. The van der Waals surface area contributed by atoms with Crippen LogP contribution < -0.4 is 11.1 Å². The lowest BCUT2D eigenvalue weighted by atomic mass is 10.2. The molecule has 2 amide bonds. The van der Waals surface area contributed by atoms with Crippen LogP contribution in [0.3, 0.4) is 0 Å². The van der Waals surface area contributed by atoms with Gasteiger partial charge in [-0.2, -0.15) is 0 Å². The van der Waals surface area contributed by atoms with Crippen LogP contribution >= 0.6 is 11.8 Å². The van der Waals surface area contributed by atoms with E-state index < -0.39 is 5.91 Å². The van der Waals surface area contributed by atoms with Crippen molar-refractivity contribution in [3.05, 3.63) is 48.2 Å². The molecule has 1 aromatic carbocycles. The second-order valence-electron chi connectivity index (χ2n) is 4.69. The van der Waals surface area contributed by atoms with Crippen molar-refractivity contribution in [1.29, 1.82) is 0 Å². The smallest absolute Gasteiger partial charge is 0.248 e. The molecular weight excluding hydrogens is 314 g/mol. The minimum Gasteiger partial charge on any atom is -0.366 e. The number of nitrogens with two attached hydrogens (primary N) is 1. The first-order chi connectivity index (χ1) is 11.1. The Labute approximate surface area is 135 Å². The van der Waals surface area contributed by atoms with Crippen molar-refractivity contribution < 1.29 is 9.59 Å². The largest absolute Gasteiger partial charge is 0.366 e. The maximum atomic E-state index is 11.9. The topological polar surface area (TPSA) is 114 Å². The summed E-state index contributed by atoms with van der Waals surface area (Å²) in [6.45, 7) is 0. The number of nitrogens with zero attached hydrogens (tertiary/aromatic N) is 2. The number of carbonyl (C=O) groups excluding carboxylic acids is 2. The number of pyridine rings is 1. The Morgan fingerprint density at radius 1 is 1.22 bits per heavy atom. The number of anilines is 1. The number of thioether (sulfide) groups is 1. The standard InChI is InChI=1S/C15H13N5O2S/c16-13(22)9-3-5-10(6-4-9)18-12(21)8-23-15-19-11-2-1-7-17-14(11)20-15/h1-7H,8H2,(H2,16,22)(H,18,21)(H,17,19,20).